The first-order valence-corrected chi connectivity index (χ1v) is 6.40. The monoisotopic (exact) mass is 238 g/mol. The van der Waals surface area contributed by atoms with Gasteiger partial charge in [0.2, 0.25) is 0 Å². The summed E-state index contributed by atoms with van der Waals surface area (Å²) in [4.78, 5) is 11.7. The van der Waals surface area contributed by atoms with Crippen molar-refractivity contribution in [3.63, 3.8) is 0 Å². The third kappa shape index (κ3) is 3.27. The van der Waals surface area contributed by atoms with E-state index in [-0.39, 0.29) is 11.2 Å². The van der Waals surface area contributed by atoms with Crippen molar-refractivity contribution in [2.75, 3.05) is 5.75 Å². The molecule has 16 heavy (non-hydrogen) atoms. The van der Waals surface area contributed by atoms with Crippen molar-refractivity contribution >= 4 is 17.7 Å². The maximum atomic E-state index is 10.6. The van der Waals surface area contributed by atoms with Gasteiger partial charge in [-0.3, -0.25) is 4.79 Å². The highest BCUT2D eigenvalue weighted by Crippen LogP contribution is 2.34. The van der Waals surface area contributed by atoms with Crippen LogP contribution in [0.1, 0.15) is 32.8 Å². The highest BCUT2D eigenvalue weighted by molar-refractivity contribution is 8.00. The normalized spacial score (nSPS) is 11.4. The van der Waals surface area contributed by atoms with Crippen LogP contribution in [0.5, 0.6) is 0 Å². The van der Waals surface area contributed by atoms with Crippen LogP contribution >= 0.6 is 11.8 Å². The number of carbonyl (C=O) groups is 1. The molecule has 0 aromatic heterocycles. The zero-order valence-electron chi connectivity index (χ0n) is 9.99. The summed E-state index contributed by atoms with van der Waals surface area (Å²) in [6.45, 7) is 6.53. The molecule has 1 aromatic carbocycles. The minimum atomic E-state index is -0.769. The van der Waals surface area contributed by atoms with Crippen molar-refractivity contribution < 1.29 is 9.90 Å². The van der Waals surface area contributed by atoms with Crippen LogP contribution in [0.3, 0.4) is 0 Å². The summed E-state index contributed by atoms with van der Waals surface area (Å²) >= 11 is 1.40. The van der Waals surface area contributed by atoms with Crippen molar-refractivity contribution in [3.8, 4) is 0 Å². The fourth-order valence-electron chi connectivity index (χ4n) is 1.48. The minimum Gasteiger partial charge on any atom is -0.481 e. The maximum Gasteiger partial charge on any atom is 0.313 e. The second-order valence-electron chi connectivity index (χ2n) is 4.42. The lowest BCUT2D eigenvalue weighted by Crippen LogP contribution is -2.16. The van der Waals surface area contributed by atoms with E-state index in [1.54, 1.807) is 0 Å². The molecule has 0 saturated carbocycles. The first kappa shape index (κ1) is 13.1. The van der Waals surface area contributed by atoms with Gasteiger partial charge in [0.1, 0.15) is 0 Å². The quantitative estimate of drug-likeness (QED) is 0.797. The maximum absolute atomic E-state index is 10.6. The van der Waals surface area contributed by atoms with Gasteiger partial charge < -0.3 is 5.11 Å². The summed E-state index contributed by atoms with van der Waals surface area (Å²) in [5.41, 5.74) is 1.34. The Labute approximate surface area is 101 Å². The smallest absolute Gasteiger partial charge is 0.313 e. The van der Waals surface area contributed by atoms with Gasteiger partial charge in [-0.1, -0.05) is 39.0 Å². The molecule has 0 aliphatic carbocycles. The van der Waals surface area contributed by atoms with Gasteiger partial charge in [0, 0.05) is 4.90 Å². The van der Waals surface area contributed by atoms with Crippen LogP contribution in [-0.4, -0.2) is 16.8 Å². The van der Waals surface area contributed by atoms with Crippen LogP contribution < -0.4 is 0 Å². The first-order chi connectivity index (χ1) is 7.47. The van der Waals surface area contributed by atoms with Crippen LogP contribution in [0.15, 0.2) is 29.2 Å². The lowest BCUT2D eigenvalue weighted by Gasteiger charge is -2.25. The molecule has 0 spiro atoms. The van der Waals surface area contributed by atoms with Gasteiger partial charge in [-0.2, -0.15) is 0 Å². The Morgan fingerprint density at radius 2 is 2.00 bits per heavy atom. The molecule has 0 radical (unpaired) electrons. The molecule has 1 rings (SSSR count). The second kappa shape index (κ2) is 5.39. The van der Waals surface area contributed by atoms with E-state index < -0.39 is 5.97 Å². The van der Waals surface area contributed by atoms with E-state index in [0.717, 1.165) is 11.3 Å². The fraction of sp³-hybridized carbons (Fsp3) is 0.462. The van der Waals surface area contributed by atoms with E-state index in [2.05, 4.69) is 26.8 Å². The van der Waals surface area contributed by atoms with E-state index in [4.69, 9.17) is 5.11 Å². The summed E-state index contributed by atoms with van der Waals surface area (Å²) in [5, 5.41) is 8.70. The molecule has 0 fully saturated rings. The van der Waals surface area contributed by atoms with E-state index >= 15 is 0 Å². The molecule has 0 amide bonds. The standard InChI is InChI=1S/C13H18O2S/c1-4-13(2,3)10-7-5-6-8-11(10)16-9-12(14)15/h5-8H,4,9H2,1-3H3,(H,14,15). The molecule has 0 bridgehead atoms. The van der Waals surface area contributed by atoms with Gasteiger partial charge in [0.05, 0.1) is 5.75 Å². The van der Waals surface area contributed by atoms with Crippen molar-refractivity contribution in [2.24, 2.45) is 0 Å². The minimum absolute atomic E-state index is 0.0993. The number of thioether (sulfide) groups is 1. The average Bonchev–Trinajstić information content (AvgIpc) is 2.26. The Bertz CT molecular complexity index is 372. The molecule has 0 heterocycles. The van der Waals surface area contributed by atoms with Crippen LogP contribution in [0.2, 0.25) is 0 Å². The summed E-state index contributed by atoms with van der Waals surface area (Å²) in [7, 11) is 0. The lowest BCUT2D eigenvalue weighted by molar-refractivity contribution is -0.133. The highest BCUT2D eigenvalue weighted by atomic mass is 32.2. The average molecular weight is 238 g/mol. The van der Waals surface area contributed by atoms with Gasteiger partial charge in [-0.15, -0.1) is 11.8 Å². The van der Waals surface area contributed by atoms with Crippen molar-refractivity contribution in [2.45, 2.75) is 37.5 Å². The summed E-state index contributed by atoms with van der Waals surface area (Å²) in [5.74, 6) is -0.648. The number of hydrogen-bond acceptors (Lipinski definition) is 2. The Morgan fingerprint density at radius 1 is 1.38 bits per heavy atom. The topological polar surface area (TPSA) is 37.3 Å². The zero-order chi connectivity index (χ0) is 12.2. The van der Waals surface area contributed by atoms with Crippen LogP contribution in [0.4, 0.5) is 0 Å². The summed E-state index contributed by atoms with van der Waals surface area (Å²) < 4.78 is 0. The number of benzene rings is 1. The molecule has 2 nitrogen and oxygen atoms in total. The van der Waals surface area contributed by atoms with Gasteiger partial charge >= 0.3 is 5.97 Å². The molecule has 3 heteroatoms. The predicted octanol–water partition coefficient (Wildman–Crippen LogP) is 3.55. The third-order valence-electron chi connectivity index (χ3n) is 2.85. The Balaban J connectivity index is 2.96. The number of aliphatic carboxylic acids is 1. The van der Waals surface area contributed by atoms with Crippen LogP contribution in [0, 0.1) is 0 Å². The molecule has 0 aliphatic rings. The Morgan fingerprint density at radius 3 is 2.56 bits per heavy atom. The molecular formula is C13H18O2S. The zero-order valence-corrected chi connectivity index (χ0v) is 10.8. The number of hydrogen-bond donors (Lipinski definition) is 1. The lowest BCUT2D eigenvalue weighted by atomic mass is 9.82. The van der Waals surface area contributed by atoms with Gasteiger partial charge in [-0.05, 0) is 23.5 Å². The Kier molecular flexibility index (Phi) is 4.42. The molecule has 0 unspecified atom stereocenters. The van der Waals surface area contributed by atoms with Crippen molar-refractivity contribution in [1.29, 1.82) is 0 Å². The van der Waals surface area contributed by atoms with Gasteiger partial charge in [0.15, 0.2) is 0 Å². The van der Waals surface area contributed by atoms with E-state index in [1.807, 2.05) is 18.2 Å². The van der Waals surface area contributed by atoms with E-state index in [0.29, 0.717) is 0 Å². The highest BCUT2D eigenvalue weighted by Gasteiger charge is 2.21. The number of carboxylic acid groups (broad SMARTS) is 1. The molecular weight excluding hydrogens is 220 g/mol. The summed E-state index contributed by atoms with van der Waals surface area (Å²) in [6.07, 6.45) is 1.04. The van der Waals surface area contributed by atoms with Crippen LogP contribution in [-0.2, 0) is 10.2 Å². The van der Waals surface area contributed by atoms with E-state index in [1.165, 1.54) is 17.3 Å². The largest absolute Gasteiger partial charge is 0.481 e. The Hall–Kier alpha value is -0.960. The van der Waals surface area contributed by atoms with Crippen molar-refractivity contribution in [3.05, 3.63) is 29.8 Å². The molecule has 0 saturated heterocycles. The predicted molar refractivity (Wildman–Crippen MR) is 68.1 cm³/mol. The van der Waals surface area contributed by atoms with Crippen molar-refractivity contribution in [1.82, 2.24) is 0 Å². The van der Waals surface area contributed by atoms with E-state index in [9.17, 15) is 4.79 Å². The first-order valence-electron chi connectivity index (χ1n) is 5.41. The molecule has 0 aliphatic heterocycles. The third-order valence-corrected chi connectivity index (χ3v) is 3.91. The summed E-state index contributed by atoms with van der Waals surface area (Å²) in [6, 6.07) is 8.06. The van der Waals surface area contributed by atoms with Gasteiger partial charge in [-0.25, -0.2) is 0 Å². The fourth-order valence-corrected chi connectivity index (χ4v) is 2.44. The second-order valence-corrected chi connectivity index (χ2v) is 5.43. The van der Waals surface area contributed by atoms with Crippen LogP contribution in [0.25, 0.3) is 0 Å². The number of rotatable bonds is 5. The SMILES string of the molecule is CCC(C)(C)c1ccccc1SCC(=O)O. The molecule has 0 atom stereocenters. The molecule has 88 valence electrons. The molecule has 1 aromatic rings. The number of carboxylic acids is 1. The molecule has 1 N–H and O–H groups in total. The van der Waals surface area contributed by atoms with Gasteiger partial charge in [0.25, 0.3) is 0 Å².